The molecule has 0 aliphatic heterocycles. The number of carbonyl (C=O) groups is 2. The van der Waals surface area contributed by atoms with Gasteiger partial charge in [0, 0.05) is 24.8 Å². The van der Waals surface area contributed by atoms with Crippen LogP contribution in [0.15, 0.2) is 18.3 Å². The Morgan fingerprint density at radius 2 is 2.04 bits per heavy atom. The van der Waals surface area contributed by atoms with E-state index in [1.165, 1.54) is 25.4 Å². The summed E-state index contributed by atoms with van der Waals surface area (Å²) in [5.41, 5.74) is -0.329. The summed E-state index contributed by atoms with van der Waals surface area (Å²) in [4.78, 5) is 31.8. The number of amides is 1. The summed E-state index contributed by atoms with van der Waals surface area (Å²) in [6, 6.07) is 2.81. The van der Waals surface area contributed by atoms with Crippen molar-refractivity contribution in [3.8, 4) is 0 Å². The zero-order chi connectivity index (χ0) is 17.0. The van der Waals surface area contributed by atoms with E-state index >= 15 is 0 Å². The fourth-order valence-corrected chi connectivity index (χ4v) is 2.27. The second-order valence-electron chi connectivity index (χ2n) is 5.01. The van der Waals surface area contributed by atoms with Gasteiger partial charge in [-0.15, -0.1) is 0 Å². The van der Waals surface area contributed by atoms with Crippen LogP contribution >= 0.6 is 11.5 Å². The number of pyridine rings is 1. The van der Waals surface area contributed by atoms with Crippen molar-refractivity contribution in [3.05, 3.63) is 35.4 Å². The molecule has 2 aromatic rings. The number of anilines is 1. The summed E-state index contributed by atoms with van der Waals surface area (Å²) >= 11 is 1.04. The molecule has 0 aliphatic rings. The molecule has 0 bridgehead atoms. The molecule has 8 nitrogen and oxygen atoms in total. The number of esters is 1. The van der Waals surface area contributed by atoms with E-state index in [1.54, 1.807) is 7.11 Å². The fourth-order valence-electron chi connectivity index (χ4n) is 1.57. The average molecular weight is 336 g/mol. The molecule has 0 aliphatic carbocycles. The van der Waals surface area contributed by atoms with Gasteiger partial charge in [0.2, 0.25) is 5.13 Å². The van der Waals surface area contributed by atoms with Crippen molar-refractivity contribution in [1.82, 2.24) is 14.3 Å². The Kier molecular flexibility index (Phi) is 5.02. The lowest BCUT2D eigenvalue weighted by Gasteiger charge is -2.18. The minimum atomic E-state index is -0.650. The average Bonchev–Trinajstić information content (AvgIpc) is 3.03. The van der Waals surface area contributed by atoms with Crippen LogP contribution in [0.4, 0.5) is 5.13 Å². The molecular weight excluding hydrogens is 320 g/mol. The maximum Gasteiger partial charge on any atom is 0.337 e. The topological polar surface area (TPSA) is 103 Å². The van der Waals surface area contributed by atoms with Gasteiger partial charge in [-0.25, -0.2) is 9.78 Å². The predicted octanol–water partition coefficient (Wildman–Crippen LogP) is 1.85. The third kappa shape index (κ3) is 3.88. The number of aromatic nitrogens is 3. The van der Waals surface area contributed by atoms with Gasteiger partial charge in [-0.2, -0.15) is 4.37 Å². The summed E-state index contributed by atoms with van der Waals surface area (Å²) in [6.07, 6.45) is 1.36. The van der Waals surface area contributed by atoms with Crippen molar-refractivity contribution in [3.63, 3.8) is 0 Å². The van der Waals surface area contributed by atoms with Gasteiger partial charge in [-0.1, -0.05) is 0 Å². The van der Waals surface area contributed by atoms with Crippen LogP contribution in [0.1, 0.15) is 40.5 Å². The largest absolute Gasteiger partial charge is 0.465 e. The Hall–Kier alpha value is -2.39. The number of ether oxygens (including phenoxy) is 2. The summed E-state index contributed by atoms with van der Waals surface area (Å²) in [5.74, 6) is -0.563. The smallest absolute Gasteiger partial charge is 0.337 e. The molecule has 9 heteroatoms. The summed E-state index contributed by atoms with van der Waals surface area (Å²) in [7, 11) is 2.82. The van der Waals surface area contributed by atoms with Crippen molar-refractivity contribution < 1.29 is 19.1 Å². The lowest BCUT2D eigenvalue weighted by Crippen LogP contribution is -2.21. The van der Waals surface area contributed by atoms with Gasteiger partial charge in [0.25, 0.3) is 5.91 Å². The van der Waals surface area contributed by atoms with E-state index in [1.807, 2.05) is 13.8 Å². The molecule has 1 amide bonds. The lowest BCUT2D eigenvalue weighted by molar-refractivity contribution is 0.0125. The van der Waals surface area contributed by atoms with Crippen LogP contribution in [0, 0.1) is 0 Å². The van der Waals surface area contributed by atoms with Crippen molar-refractivity contribution in [2.45, 2.75) is 19.4 Å². The number of rotatable bonds is 5. The van der Waals surface area contributed by atoms with Crippen LogP contribution in [0.2, 0.25) is 0 Å². The van der Waals surface area contributed by atoms with Crippen LogP contribution in [0.5, 0.6) is 0 Å². The van der Waals surface area contributed by atoms with E-state index in [9.17, 15) is 9.59 Å². The second-order valence-corrected chi connectivity index (χ2v) is 5.76. The number of nitrogens with zero attached hydrogens (tertiary/aromatic N) is 3. The molecule has 0 radical (unpaired) electrons. The van der Waals surface area contributed by atoms with E-state index in [0.717, 1.165) is 11.5 Å². The Morgan fingerprint density at radius 3 is 2.70 bits per heavy atom. The SMILES string of the molecule is COC(=O)c1ccnc(C(=O)Nc2nc(C(C)(C)OC)ns2)c1. The van der Waals surface area contributed by atoms with Crippen LogP contribution in [-0.4, -0.2) is 40.4 Å². The van der Waals surface area contributed by atoms with Gasteiger partial charge >= 0.3 is 5.97 Å². The molecule has 0 saturated heterocycles. The lowest BCUT2D eigenvalue weighted by atomic mass is 10.1. The molecule has 23 heavy (non-hydrogen) atoms. The Bertz CT molecular complexity index is 729. The quantitative estimate of drug-likeness (QED) is 0.831. The number of methoxy groups -OCH3 is 2. The normalized spacial score (nSPS) is 11.1. The molecule has 2 rings (SSSR count). The van der Waals surface area contributed by atoms with Gasteiger partial charge in [-0.05, 0) is 26.0 Å². The van der Waals surface area contributed by atoms with E-state index in [-0.39, 0.29) is 11.3 Å². The molecule has 0 fully saturated rings. The first-order chi connectivity index (χ1) is 10.9. The monoisotopic (exact) mass is 336 g/mol. The highest BCUT2D eigenvalue weighted by Crippen LogP contribution is 2.24. The van der Waals surface area contributed by atoms with E-state index in [0.29, 0.717) is 11.0 Å². The zero-order valence-corrected chi connectivity index (χ0v) is 13.9. The first kappa shape index (κ1) is 17.0. The minimum Gasteiger partial charge on any atom is -0.465 e. The first-order valence-corrected chi connectivity index (χ1v) is 7.40. The highest BCUT2D eigenvalue weighted by molar-refractivity contribution is 7.09. The summed E-state index contributed by atoms with van der Waals surface area (Å²) in [6.45, 7) is 3.64. The van der Waals surface area contributed by atoms with Crippen molar-refractivity contribution in [1.29, 1.82) is 0 Å². The van der Waals surface area contributed by atoms with Crippen LogP contribution in [0.25, 0.3) is 0 Å². The molecule has 0 spiro atoms. The molecular formula is C14H16N4O4S. The van der Waals surface area contributed by atoms with Gasteiger partial charge in [0.15, 0.2) is 5.82 Å². The number of hydrogen-bond acceptors (Lipinski definition) is 8. The number of nitrogens with one attached hydrogen (secondary N) is 1. The molecule has 1 N–H and O–H groups in total. The predicted molar refractivity (Wildman–Crippen MR) is 83.5 cm³/mol. The van der Waals surface area contributed by atoms with Crippen molar-refractivity contribution in [2.24, 2.45) is 0 Å². The zero-order valence-electron chi connectivity index (χ0n) is 13.1. The molecule has 0 aromatic carbocycles. The van der Waals surface area contributed by atoms with Gasteiger partial charge in [0.1, 0.15) is 11.3 Å². The van der Waals surface area contributed by atoms with Gasteiger partial charge < -0.3 is 9.47 Å². The molecule has 2 heterocycles. The third-order valence-electron chi connectivity index (χ3n) is 3.11. The fraction of sp³-hybridized carbons (Fsp3) is 0.357. The van der Waals surface area contributed by atoms with Crippen LogP contribution < -0.4 is 5.32 Å². The van der Waals surface area contributed by atoms with Crippen molar-refractivity contribution in [2.75, 3.05) is 19.5 Å². The second kappa shape index (κ2) is 6.80. The van der Waals surface area contributed by atoms with Gasteiger partial charge in [0.05, 0.1) is 12.7 Å². The highest BCUT2D eigenvalue weighted by atomic mass is 32.1. The molecule has 122 valence electrons. The highest BCUT2D eigenvalue weighted by Gasteiger charge is 2.25. The first-order valence-electron chi connectivity index (χ1n) is 6.62. The maximum absolute atomic E-state index is 12.2. The Labute approximate surface area is 137 Å². The molecule has 0 atom stereocenters. The van der Waals surface area contributed by atoms with E-state index in [2.05, 4.69) is 24.4 Å². The van der Waals surface area contributed by atoms with E-state index in [4.69, 9.17) is 4.74 Å². The maximum atomic E-state index is 12.2. The third-order valence-corrected chi connectivity index (χ3v) is 3.74. The van der Waals surface area contributed by atoms with Crippen LogP contribution in [-0.2, 0) is 15.1 Å². The molecule has 0 saturated carbocycles. The van der Waals surface area contributed by atoms with Crippen LogP contribution in [0.3, 0.4) is 0 Å². The summed E-state index contributed by atoms with van der Waals surface area (Å²) < 4.78 is 14.1. The molecule has 0 unspecified atom stereocenters. The summed E-state index contributed by atoms with van der Waals surface area (Å²) in [5, 5.41) is 2.91. The van der Waals surface area contributed by atoms with Gasteiger partial charge in [-0.3, -0.25) is 15.1 Å². The van der Waals surface area contributed by atoms with E-state index < -0.39 is 17.5 Å². The standard InChI is InChI=1S/C14H16N4O4S/c1-14(2,22-4)12-17-13(23-18-12)16-10(19)9-7-8(5-6-15-9)11(20)21-3/h5-7H,1-4H3,(H,16,17,18,19). The Balaban J connectivity index is 2.15. The minimum absolute atomic E-state index is 0.0793. The molecule has 2 aromatic heterocycles. The Morgan fingerprint density at radius 1 is 1.30 bits per heavy atom. The van der Waals surface area contributed by atoms with Crippen molar-refractivity contribution >= 4 is 28.5 Å². The number of carbonyl (C=O) groups excluding carboxylic acids is 2. The number of hydrogen-bond donors (Lipinski definition) is 1.